The van der Waals surface area contributed by atoms with Crippen LogP contribution in [0.25, 0.3) is 0 Å². The lowest BCUT2D eigenvalue weighted by atomic mass is 9.95. The highest BCUT2D eigenvalue weighted by Gasteiger charge is 2.26. The molecular formula is C15H20N4O. The average Bonchev–Trinajstić information content (AvgIpc) is 3.00. The van der Waals surface area contributed by atoms with Crippen LogP contribution < -0.4 is 16.0 Å². The average molecular weight is 272 g/mol. The highest BCUT2D eigenvalue weighted by molar-refractivity contribution is 5.49. The van der Waals surface area contributed by atoms with Crippen LogP contribution in [0.3, 0.4) is 0 Å². The van der Waals surface area contributed by atoms with Crippen LogP contribution in [0.1, 0.15) is 34.1 Å². The molecule has 5 heteroatoms. The Morgan fingerprint density at radius 3 is 2.85 bits per heavy atom. The van der Waals surface area contributed by atoms with Gasteiger partial charge in [0.1, 0.15) is 5.75 Å². The van der Waals surface area contributed by atoms with Crippen LogP contribution in [-0.2, 0) is 13.5 Å². The molecule has 0 bridgehead atoms. The molecule has 20 heavy (non-hydrogen) atoms. The third kappa shape index (κ3) is 1.90. The van der Waals surface area contributed by atoms with Crippen molar-refractivity contribution in [3.8, 4) is 5.75 Å². The first-order valence-electron chi connectivity index (χ1n) is 6.84. The molecule has 3 N–H and O–H groups in total. The van der Waals surface area contributed by atoms with E-state index in [1.54, 1.807) is 0 Å². The van der Waals surface area contributed by atoms with Crippen molar-refractivity contribution < 1.29 is 4.74 Å². The number of aromatic nitrogens is 2. The summed E-state index contributed by atoms with van der Waals surface area (Å²) in [4.78, 5) is 0. The summed E-state index contributed by atoms with van der Waals surface area (Å²) in [6, 6.07) is 6.15. The summed E-state index contributed by atoms with van der Waals surface area (Å²) >= 11 is 0. The van der Waals surface area contributed by atoms with Crippen molar-refractivity contribution in [1.29, 1.82) is 0 Å². The van der Waals surface area contributed by atoms with Gasteiger partial charge < -0.3 is 4.74 Å². The molecule has 0 fully saturated rings. The number of fused-ring (bicyclic) bond motifs is 1. The molecule has 1 atom stereocenters. The van der Waals surface area contributed by atoms with E-state index in [-0.39, 0.29) is 6.04 Å². The van der Waals surface area contributed by atoms with Gasteiger partial charge in [-0.3, -0.25) is 10.5 Å². The Morgan fingerprint density at radius 1 is 1.40 bits per heavy atom. The SMILES string of the molecule is Cc1nn(C)c(C)c1C(NN)c1cccc2c1OCC2. The monoisotopic (exact) mass is 272 g/mol. The third-order valence-electron chi connectivity index (χ3n) is 4.08. The fourth-order valence-corrected chi connectivity index (χ4v) is 3.00. The quantitative estimate of drug-likeness (QED) is 0.657. The normalized spacial score (nSPS) is 15.0. The maximum atomic E-state index is 5.84. The first kappa shape index (κ1) is 13.1. The van der Waals surface area contributed by atoms with Gasteiger partial charge in [0.15, 0.2) is 0 Å². The zero-order valence-electron chi connectivity index (χ0n) is 12.1. The summed E-state index contributed by atoms with van der Waals surface area (Å²) in [5, 5.41) is 4.48. The minimum absolute atomic E-state index is 0.100. The Labute approximate surface area is 118 Å². The molecule has 1 aliphatic heterocycles. The second-order valence-corrected chi connectivity index (χ2v) is 5.24. The predicted molar refractivity (Wildman–Crippen MR) is 77.5 cm³/mol. The first-order chi connectivity index (χ1) is 9.63. The van der Waals surface area contributed by atoms with E-state index in [1.165, 1.54) is 5.56 Å². The molecule has 1 unspecified atom stereocenters. The van der Waals surface area contributed by atoms with Gasteiger partial charge in [-0.2, -0.15) is 5.10 Å². The standard InChI is InChI=1S/C15H20N4O/c1-9-13(10(2)19(3)18-9)14(17-16)12-6-4-5-11-7-8-20-15(11)12/h4-6,14,17H,7-8,16H2,1-3H3. The van der Waals surface area contributed by atoms with E-state index in [0.29, 0.717) is 0 Å². The second-order valence-electron chi connectivity index (χ2n) is 5.24. The zero-order chi connectivity index (χ0) is 14.3. The van der Waals surface area contributed by atoms with Gasteiger partial charge in [-0.1, -0.05) is 18.2 Å². The molecular weight excluding hydrogens is 252 g/mol. The Bertz CT molecular complexity index is 648. The van der Waals surface area contributed by atoms with Gasteiger partial charge in [0, 0.05) is 30.3 Å². The minimum Gasteiger partial charge on any atom is -0.493 e. The molecule has 106 valence electrons. The Kier molecular flexibility index (Phi) is 3.23. The Hall–Kier alpha value is -1.85. The van der Waals surface area contributed by atoms with Crippen molar-refractivity contribution in [2.45, 2.75) is 26.3 Å². The van der Waals surface area contributed by atoms with Gasteiger partial charge in [0.25, 0.3) is 0 Å². The number of hydrogen-bond donors (Lipinski definition) is 2. The van der Waals surface area contributed by atoms with Crippen molar-refractivity contribution in [1.82, 2.24) is 15.2 Å². The maximum absolute atomic E-state index is 5.84. The number of benzene rings is 1. The molecule has 1 aliphatic rings. The van der Waals surface area contributed by atoms with Gasteiger partial charge in [0.05, 0.1) is 18.3 Å². The largest absolute Gasteiger partial charge is 0.493 e. The molecule has 5 nitrogen and oxygen atoms in total. The number of ether oxygens (including phenoxy) is 1. The number of nitrogens with two attached hydrogens (primary N) is 1. The molecule has 0 saturated heterocycles. The van der Waals surface area contributed by atoms with Gasteiger partial charge >= 0.3 is 0 Å². The predicted octanol–water partition coefficient (Wildman–Crippen LogP) is 1.52. The molecule has 0 spiro atoms. The van der Waals surface area contributed by atoms with Gasteiger partial charge in [-0.05, 0) is 19.4 Å². The van der Waals surface area contributed by atoms with Crippen LogP contribution in [0, 0.1) is 13.8 Å². The van der Waals surface area contributed by atoms with Gasteiger partial charge in [-0.15, -0.1) is 0 Å². The van der Waals surface area contributed by atoms with Crippen LogP contribution in [-0.4, -0.2) is 16.4 Å². The number of nitrogens with zero attached hydrogens (tertiary/aromatic N) is 2. The van der Waals surface area contributed by atoms with E-state index in [0.717, 1.165) is 41.3 Å². The van der Waals surface area contributed by atoms with E-state index in [4.69, 9.17) is 10.6 Å². The summed E-state index contributed by atoms with van der Waals surface area (Å²) in [6.07, 6.45) is 0.964. The number of rotatable bonds is 3. The summed E-state index contributed by atoms with van der Waals surface area (Å²) in [5.74, 6) is 6.81. The molecule has 2 aromatic rings. The lowest BCUT2D eigenvalue weighted by molar-refractivity contribution is 0.350. The second kappa shape index (κ2) is 4.92. The van der Waals surface area contributed by atoms with Crippen LogP contribution >= 0.6 is 0 Å². The lowest BCUT2D eigenvalue weighted by Crippen LogP contribution is -2.30. The fourth-order valence-electron chi connectivity index (χ4n) is 3.00. The number of aryl methyl sites for hydroxylation is 2. The summed E-state index contributed by atoms with van der Waals surface area (Å²) in [5.41, 5.74) is 8.49. The Morgan fingerprint density at radius 2 is 2.20 bits per heavy atom. The van der Waals surface area contributed by atoms with E-state index < -0.39 is 0 Å². The van der Waals surface area contributed by atoms with Crippen LogP contribution in [0.5, 0.6) is 5.75 Å². The number of hydrazine groups is 1. The summed E-state index contributed by atoms with van der Waals surface area (Å²) < 4.78 is 7.69. The lowest BCUT2D eigenvalue weighted by Gasteiger charge is -2.19. The van der Waals surface area contributed by atoms with Gasteiger partial charge in [0.2, 0.25) is 0 Å². The fraction of sp³-hybridized carbons (Fsp3) is 0.400. The first-order valence-corrected chi connectivity index (χ1v) is 6.84. The smallest absolute Gasteiger partial charge is 0.127 e. The molecule has 3 rings (SSSR count). The van der Waals surface area contributed by atoms with Crippen LogP contribution in [0.4, 0.5) is 0 Å². The minimum atomic E-state index is -0.100. The molecule has 1 aromatic carbocycles. The van der Waals surface area contributed by atoms with Crippen molar-refractivity contribution in [3.05, 3.63) is 46.3 Å². The molecule has 0 saturated carbocycles. The molecule has 0 aliphatic carbocycles. The Balaban J connectivity index is 2.14. The molecule has 2 heterocycles. The van der Waals surface area contributed by atoms with E-state index in [1.807, 2.05) is 18.7 Å². The van der Waals surface area contributed by atoms with Crippen molar-refractivity contribution >= 4 is 0 Å². The molecule has 0 amide bonds. The highest BCUT2D eigenvalue weighted by Crippen LogP contribution is 2.37. The van der Waals surface area contributed by atoms with Crippen LogP contribution in [0.2, 0.25) is 0 Å². The van der Waals surface area contributed by atoms with Gasteiger partial charge in [-0.25, -0.2) is 5.43 Å². The topological polar surface area (TPSA) is 65.1 Å². The number of para-hydroxylation sites is 1. The van der Waals surface area contributed by atoms with Crippen molar-refractivity contribution in [2.75, 3.05) is 6.61 Å². The summed E-state index contributed by atoms with van der Waals surface area (Å²) in [6.45, 7) is 4.81. The molecule has 0 radical (unpaired) electrons. The highest BCUT2D eigenvalue weighted by atomic mass is 16.5. The number of hydrogen-bond acceptors (Lipinski definition) is 4. The third-order valence-corrected chi connectivity index (χ3v) is 4.08. The number of nitrogens with one attached hydrogen (secondary N) is 1. The van der Waals surface area contributed by atoms with E-state index in [2.05, 4.69) is 35.6 Å². The van der Waals surface area contributed by atoms with Crippen molar-refractivity contribution in [2.24, 2.45) is 12.9 Å². The zero-order valence-corrected chi connectivity index (χ0v) is 12.1. The maximum Gasteiger partial charge on any atom is 0.127 e. The van der Waals surface area contributed by atoms with E-state index >= 15 is 0 Å². The van der Waals surface area contributed by atoms with E-state index in [9.17, 15) is 0 Å². The molecule has 1 aromatic heterocycles. The van der Waals surface area contributed by atoms with Crippen LogP contribution in [0.15, 0.2) is 18.2 Å². The van der Waals surface area contributed by atoms with Crippen molar-refractivity contribution in [3.63, 3.8) is 0 Å². The summed E-state index contributed by atoms with van der Waals surface area (Å²) in [7, 11) is 1.95.